The van der Waals surface area contributed by atoms with E-state index in [2.05, 4.69) is 15.0 Å². The fraction of sp³-hybridized carbons (Fsp3) is 0.348. The molecule has 1 aromatic carbocycles. The zero-order chi connectivity index (χ0) is 22.7. The first kappa shape index (κ1) is 21.9. The van der Waals surface area contributed by atoms with Gasteiger partial charge in [-0.3, -0.25) is 9.78 Å². The molecule has 0 saturated heterocycles. The van der Waals surface area contributed by atoms with Crippen molar-refractivity contribution in [3.05, 3.63) is 54.5 Å². The maximum atomic E-state index is 12.7. The second-order valence-electron chi connectivity index (χ2n) is 7.95. The SMILES string of the molecule is O=C(O)C[C@H]1CC[C@H](Oc2ccc(-c3ccc(-c4nc(C(F)(F)F)c[nH]4)cn3)cc2)CC1. The van der Waals surface area contributed by atoms with E-state index in [1.54, 1.807) is 12.1 Å². The third-order valence-electron chi connectivity index (χ3n) is 5.62. The molecule has 1 saturated carbocycles. The molecule has 9 heteroatoms. The third kappa shape index (κ3) is 5.27. The first-order valence-corrected chi connectivity index (χ1v) is 10.4. The number of H-pyrrole nitrogens is 1. The van der Waals surface area contributed by atoms with Crippen LogP contribution in [0.1, 0.15) is 37.8 Å². The summed E-state index contributed by atoms with van der Waals surface area (Å²) in [5.74, 6) is 0.326. The van der Waals surface area contributed by atoms with E-state index in [9.17, 15) is 18.0 Å². The van der Waals surface area contributed by atoms with Crippen LogP contribution in [0.5, 0.6) is 5.75 Å². The van der Waals surface area contributed by atoms with Gasteiger partial charge in [0.25, 0.3) is 0 Å². The Morgan fingerprint density at radius 2 is 1.75 bits per heavy atom. The number of alkyl halides is 3. The van der Waals surface area contributed by atoms with Gasteiger partial charge in [-0.15, -0.1) is 0 Å². The number of hydrogen-bond acceptors (Lipinski definition) is 4. The Kier molecular flexibility index (Phi) is 6.16. The van der Waals surface area contributed by atoms with Crippen LogP contribution in [0.2, 0.25) is 0 Å². The fourth-order valence-electron chi connectivity index (χ4n) is 3.92. The first-order chi connectivity index (χ1) is 15.3. The van der Waals surface area contributed by atoms with Crippen LogP contribution in [-0.2, 0) is 11.0 Å². The molecule has 0 aliphatic heterocycles. The van der Waals surface area contributed by atoms with Gasteiger partial charge in [0.2, 0.25) is 0 Å². The van der Waals surface area contributed by atoms with Crippen LogP contribution in [0.3, 0.4) is 0 Å². The second kappa shape index (κ2) is 9.02. The number of nitrogens with zero attached hydrogens (tertiary/aromatic N) is 2. The van der Waals surface area contributed by atoms with Gasteiger partial charge in [-0.2, -0.15) is 13.2 Å². The summed E-state index contributed by atoms with van der Waals surface area (Å²) in [6.45, 7) is 0. The number of aromatic nitrogens is 3. The summed E-state index contributed by atoms with van der Waals surface area (Å²) in [7, 11) is 0. The number of aromatic amines is 1. The van der Waals surface area contributed by atoms with Crippen molar-refractivity contribution in [2.24, 2.45) is 5.92 Å². The molecule has 2 heterocycles. The van der Waals surface area contributed by atoms with E-state index in [0.717, 1.165) is 43.2 Å². The second-order valence-corrected chi connectivity index (χ2v) is 7.95. The molecule has 4 rings (SSSR count). The lowest BCUT2D eigenvalue weighted by atomic mass is 9.85. The lowest BCUT2D eigenvalue weighted by Crippen LogP contribution is -2.25. The number of ether oxygens (including phenoxy) is 1. The topological polar surface area (TPSA) is 88.1 Å². The van der Waals surface area contributed by atoms with Crippen molar-refractivity contribution in [1.82, 2.24) is 15.0 Å². The smallest absolute Gasteiger partial charge is 0.434 e. The zero-order valence-electron chi connectivity index (χ0n) is 17.1. The summed E-state index contributed by atoms with van der Waals surface area (Å²) in [4.78, 5) is 21.3. The maximum absolute atomic E-state index is 12.7. The van der Waals surface area contributed by atoms with Crippen molar-refractivity contribution in [3.8, 4) is 28.4 Å². The van der Waals surface area contributed by atoms with Crippen molar-refractivity contribution in [1.29, 1.82) is 0 Å². The average Bonchev–Trinajstić information content (AvgIpc) is 3.27. The van der Waals surface area contributed by atoms with Crippen LogP contribution in [0.4, 0.5) is 13.2 Å². The third-order valence-corrected chi connectivity index (χ3v) is 5.62. The highest BCUT2D eigenvalue weighted by Gasteiger charge is 2.33. The summed E-state index contributed by atoms with van der Waals surface area (Å²) >= 11 is 0. The highest BCUT2D eigenvalue weighted by Crippen LogP contribution is 2.31. The first-order valence-electron chi connectivity index (χ1n) is 10.4. The van der Waals surface area contributed by atoms with E-state index < -0.39 is 17.8 Å². The summed E-state index contributed by atoms with van der Waals surface area (Å²) in [5, 5.41) is 8.91. The number of rotatable bonds is 6. The summed E-state index contributed by atoms with van der Waals surface area (Å²) in [5.41, 5.74) is 1.02. The van der Waals surface area contributed by atoms with Gasteiger partial charge in [-0.05, 0) is 68.0 Å². The highest BCUT2D eigenvalue weighted by atomic mass is 19.4. The Bertz CT molecular complexity index is 1050. The van der Waals surface area contributed by atoms with Gasteiger partial charge in [0.05, 0.1) is 11.8 Å². The largest absolute Gasteiger partial charge is 0.490 e. The van der Waals surface area contributed by atoms with E-state index in [-0.39, 0.29) is 24.3 Å². The molecule has 6 nitrogen and oxygen atoms in total. The monoisotopic (exact) mass is 445 g/mol. The number of carboxylic acids is 1. The molecule has 1 aliphatic carbocycles. The predicted octanol–water partition coefficient (Wildman–Crippen LogP) is 5.57. The van der Waals surface area contributed by atoms with Gasteiger partial charge in [0.15, 0.2) is 5.69 Å². The molecule has 1 aliphatic rings. The standard InChI is InChI=1S/C23H22F3N3O3/c24-23(25,26)20-13-28-22(29-20)16-5-10-19(27-12-16)15-3-8-18(9-4-15)32-17-6-1-14(2-7-17)11-21(30)31/h3-5,8-10,12-14,17H,1-2,6-7,11H2,(H,28,29)(H,30,31)/t14-,17-. The number of carboxylic acid groups (broad SMARTS) is 1. The number of benzene rings is 1. The van der Waals surface area contributed by atoms with Crippen LogP contribution >= 0.6 is 0 Å². The molecule has 32 heavy (non-hydrogen) atoms. The highest BCUT2D eigenvalue weighted by molar-refractivity contribution is 5.67. The number of halogens is 3. The molecular formula is C23H22F3N3O3. The number of hydrogen-bond donors (Lipinski definition) is 2. The predicted molar refractivity (Wildman–Crippen MR) is 111 cm³/mol. The van der Waals surface area contributed by atoms with Gasteiger partial charge < -0.3 is 14.8 Å². The van der Waals surface area contributed by atoms with Crippen molar-refractivity contribution in [2.45, 2.75) is 44.4 Å². The lowest BCUT2D eigenvalue weighted by molar-refractivity contribution is -0.141. The van der Waals surface area contributed by atoms with Crippen LogP contribution in [0.15, 0.2) is 48.8 Å². The minimum atomic E-state index is -4.50. The van der Waals surface area contributed by atoms with Crippen LogP contribution in [-0.4, -0.2) is 32.1 Å². The molecule has 3 aromatic rings. The molecule has 0 radical (unpaired) electrons. The van der Waals surface area contributed by atoms with E-state index in [4.69, 9.17) is 9.84 Å². The summed E-state index contributed by atoms with van der Waals surface area (Å²) in [6, 6.07) is 10.9. The average molecular weight is 445 g/mol. The van der Waals surface area contributed by atoms with Crippen molar-refractivity contribution < 1.29 is 27.8 Å². The van der Waals surface area contributed by atoms with Crippen molar-refractivity contribution in [3.63, 3.8) is 0 Å². The number of pyridine rings is 1. The molecule has 1 fully saturated rings. The molecule has 0 amide bonds. The fourth-order valence-corrected chi connectivity index (χ4v) is 3.92. The number of imidazole rings is 1. The molecule has 0 unspecified atom stereocenters. The Morgan fingerprint density at radius 3 is 2.31 bits per heavy atom. The normalized spacial score (nSPS) is 19.0. The Labute approximate surface area is 182 Å². The van der Waals surface area contributed by atoms with Gasteiger partial charge >= 0.3 is 12.1 Å². The van der Waals surface area contributed by atoms with E-state index in [1.807, 2.05) is 24.3 Å². The van der Waals surface area contributed by atoms with E-state index in [0.29, 0.717) is 11.3 Å². The quantitative estimate of drug-likeness (QED) is 0.518. The molecule has 0 spiro atoms. The van der Waals surface area contributed by atoms with Crippen LogP contribution in [0, 0.1) is 5.92 Å². The van der Waals surface area contributed by atoms with Gasteiger partial charge in [-0.1, -0.05) is 0 Å². The Morgan fingerprint density at radius 1 is 1.06 bits per heavy atom. The molecule has 2 aromatic heterocycles. The van der Waals surface area contributed by atoms with E-state index >= 15 is 0 Å². The molecule has 2 N–H and O–H groups in total. The van der Waals surface area contributed by atoms with Crippen LogP contribution in [0.25, 0.3) is 22.6 Å². The molecule has 168 valence electrons. The van der Waals surface area contributed by atoms with Crippen LogP contribution < -0.4 is 4.74 Å². The zero-order valence-corrected chi connectivity index (χ0v) is 17.1. The minimum Gasteiger partial charge on any atom is -0.490 e. The molecule has 0 atom stereocenters. The molecular weight excluding hydrogens is 423 g/mol. The number of carbonyl (C=O) groups is 1. The Balaban J connectivity index is 1.36. The maximum Gasteiger partial charge on any atom is 0.434 e. The minimum absolute atomic E-state index is 0.0817. The van der Waals surface area contributed by atoms with Crippen molar-refractivity contribution in [2.75, 3.05) is 0 Å². The van der Waals surface area contributed by atoms with Gasteiger partial charge in [-0.25, -0.2) is 4.98 Å². The van der Waals surface area contributed by atoms with Gasteiger partial charge in [0, 0.05) is 29.9 Å². The summed E-state index contributed by atoms with van der Waals surface area (Å²) < 4.78 is 44.2. The van der Waals surface area contributed by atoms with Gasteiger partial charge in [0.1, 0.15) is 11.6 Å². The Hall–Kier alpha value is -3.36. The number of nitrogens with one attached hydrogen (secondary N) is 1. The lowest BCUT2D eigenvalue weighted by Gasteiger charge is -2.28. The van der Waals surface area contributed by atoms with E-state index in [1.165, 1.54) is 6.20 Å². The summed E-state index contributed by atoms with van der Waals surface area (Å²) in [6.07, 6.45) is 1.50. The van der Waals surface area contributed by atoms with Crippen molar-refractivity contribution >= 4 is 5.97 Å². The number of aliphatic carboxylic acids is 1. The molecule has 0 bridgehead atoms.